The number of anilines is 1. The first-order valence-corrected chi connectivity index (χ1v) is 9.87. The van der Waals surface area contributed by atoms with Crippen LogP contribution in [0.15, 0.2) is 58.0 Å². The monoisotopic (exact) mass is 406 g/mol. The van der Waals surface area contributed by atoms with Crippen LogP contribution in [-0.4, -0.2) is 27.1 Å². The van der Waals surface area contributed by atoms with Crippen molar-refractivity contribution in [2.75, 3.05) is 11.9 Å². The van der Waals surface area contributed by atoms with E-state index >= 15 is 0 Å². The van der Waals surface area contributed by atoms with Crippen molar-refractivity contribution < 1.29 is 13.9 Å². The lowest BCUT2D eigenvalue weighted by molar-refractivity contribution is -0.143. The molecule has 0 bridgehead atoms. The van der Waals surface area contributed by atoms with Gasteiger partial charge in [-0.1, -0.05) is 30.3 Å². The Morgan fingerprint density at radius 1 is 1.20 bits per heavy atom. The molecule has 0 saturated carbocycles. The Bertz CT molecular complexity index is 1230. The van der Waals surface area contributed by atoms with Crippen molar-refractivity contribution in [3.63, 3.8) is 0 Å². The number of nitrogens with zero attached hydrogens (tertiary/aromatic N) is 3. The fraction of sp³-hybridized carbons (Fsp3) is 0.273. The molecule has 0 fully saturated rings. The van der Waals surface area contributed by atoms with Crippen molar-refractivity contribution in [3.05, 3.63) is 64.9 Å². The molecule has 30 heavy (non-hydrogen) atoms. The van der Waals surface area contributed by atoms with Gasteiger partial charge in [0.25, 0.3) is 0 Å². The Kier molecular flexibility index (Phi) is 5.74. The molecule has 8 nitrogen and oxygen atoms in total. The highest BCUT2D eigenvalue weighted by atomic mass is 16.5. The van der Waals surface area contributed by atoms with E-state index in [0.29, 0.717) is 48.6 Å². The average Bonchev–Trinajstić information content (AvgIpc) is 3.06. The molecule has 154 valence electrons. The largest absolute Gasteiger partial charge is 0.466 e. The molecule has 8 heteroatoms. The van der Waals surface area contributed by atoms with E-state index in [9.17, 15) is 9.59 Å². The number of carbonyl (C=O) groups excluding carboxylic acids is 1. The maximum Gasteiger partial charge on any atom is 0.419 e. The molecule has 0 aliphatic carbocycles. The van der Waals surface area contributed by atoms with Gasteiger partial charge in [-0.3, -0.25) is 9.36 Å². The summed E-state index contributed by atoms with van der Waals surface area (Å²) in [6.07, 6.45) is 2.21. The molecule has 0 amide bonds. The Labute approximate surface area is 172 Å². The topological polar surface area (TPSA) is 99.2 Å². The van der Waals surface area contributed by atoms with Crippen LogP contribution in [-0.2, 0) is 22.6 Å². The molecule has 0 unspecified atom stereocenters. The molecule has 0 atom stereocenters. The summed E-state index contributed by atoms with van der Waals surface area (Å²) >= 11 is 0. The van der Waals surface area contributed by atoms with E-state index in [1.165, 1.54) is 10.9 Å². The summed E-state index contributed by atoms with van der Waals surface area (Å²) in [6.45, 7) is 3.08. The minimum atomic E-state index is -0.462. The third-order valence-electron chi connectivity index (χ3n) is 4.80. The Morgan fingerprint density at radius 2 is 2.03 bits per heavy atom. The zero-order valence-corrected chi connectivity index (χ0v) is 16.6. The normalized spacial score (nSPS) is 11.1. The van der Waals surface area contributed by atoms with E-state index < -0.39 is 5.76 Å². The van der Waals surface area contributed by atoms with E-state index in [0.717, 1.165) is 10.9 Å². The Balaban J connectivity index is 1.63. The third kappa shape index (κ3) is 4.17. The smallest absolute Gasteiger partial charge is 0.419 e. The van der Waals surface area contributed by atoms with Gasteiger partial charge in [0.05, 0.1) is 17.6 Å². The second kappa shape index (κ2) is 8.77. The summed E-state index contributed by atoms with van der Waals surface area (Å²) < 4.78 is 11.9. The van der Waals surface area contributed by atoms with Crippen molar-refractivity contribution in [2.45, 2.75) is 32.9 Å². The molecular weight excluding hydrogens is 384 g/mol. The summed E-state index contributed by atoms with van der Waals surface area (Å²) in [4.78, 5) is 32.6. The van der Waals surface area contributed by atoms with Crippen molar-refractivity contribution in [1.82, 2.24) is 14.5 Å². The highest BCUT2D eigenvalue weighted by Gasteiger charge is 2.14. The van der Waals surface area contributed by atoms with Gasteiger partial charge in [-0.15, -0.1) is 0 Å². The van der Waals surface area contributed by atoms with Gasteiger partial charge < -0.3 is 14.5 Å². The van der Waals surface area contributed by atoms with Gasteiger partial charge in [-0.25, -0.2) is 14.8 Å². The molecule has 4 rings (SSSR count). The van der Waals surface area contributed by atoms with Crippen LogP contribution in [0.5, 0.6) is 0 Å². The molecule has 1 N–H and O–H groups in total. The molecule has 0 aliphatic rings. The SMILES string of the molecule is CCOC(=O)CCCn1c(=O)oc2cc3ncnc(NCc4ccccc4)c3cc21. The van der Waals surface area contributed by atoms with Gasteiger partial charge in [0.2, 0.25) is 0 Å². The fourth-order valence-electron chi connectivity index (χ4n) is 3.36. The second-order valence-corrected chi connectivity index (χ2v) is 6.83. The van der Waals surface area contributed by atoms with Crippen LogP contribution in [0.25, 0.3) is 22.0 Å². The van der Waals surface area contributed by atoms with Crippen molar-refractivity contribution in [1.29, 1.82) is 0 Å². The van der Waals surface area contributed by atoms with Crippen LogP contribution >= 0.6 is 0 Å². The number of rotatable bonds is 8. The average molecular weight is 406 g/mol. The number of hydrogen-bond acceptors (Lipinski definition) is 7. The van der Waals surface area contributed by atoms with Crippen LogP contribution in [0.2, 0.25) is 0 Å². The Hall–Kier alpha value is -3.68. The number of nitrogens with one attached hydrogen (secondary N) is 1. The molecule has 0 saturated heterocycles. The fourth-order valence-corrected chi connectivity index (χ4v) is 3.36. The van der Waals surface area contributed by atoms with E-state index in [-0.39, 0.29) is 12.4 Å². The molecule has 4 aromatic rings. The number of ether oxygens (including phenoxy) is 1. The molecule has 0 radical (unpaired) electrons. The summed E-state index contributed by atoms with van der Waals surface area (Å²) in [5, 5.41) is 4.13. The van der Waals surface area contributed by atoms with Crippen molar-refractivity contribution in [2.24, 2.45) is 0 Å². The zero-order chi connectivity index (χ0) is 20.9. The van der Waals surface area contributed by atoms with Crippen molar-refractivity contribution in [3.8, 4) is 0 Å². The molecule has 0 spiro atoms. The quantitative estimate of drug-likeness (QED) is 0.447. The highest BCUT2D eigenvalue weighted by molar-refractivity contribution is 5.97. The molecule has 0 aliphatic heterocycles. The maximum atomic E-state index is 12.3. The van der Waals surface area contributed by atoms with E-state index in [4.69, 9.17) is 9.15 Å². The summed E-state index contributed by atoms with van der Waals surface area (Å²) in [5.74, 6) is -0.0574. The predicted octanol–water partition coefficient (Wildman–Crippen LogP) is 3.49. The van der Waals surface area contributed by atoms with Gasteiger partial charge >= 0.3 is 11.7 Å². The summed E-state index contributed by atoms with van der Waals surface area (Å²) in [6, 6.07) is 13.6. The third-order valence-corrected chi connectivity index (χ3v) is 4.80. The Morgan fingerprint density at radius 3 is 2.83 bits per heavy atom. The lowest BCUT2D eigenvalue weighted by Crippen LogP contribution is -2.15. The van der Waals surface area contributed by atoms with Gasteiger partial charge in [-0.05, 0) is 25.0 Å². The van der Waals surface area contributed by atoms with Gasteiger partial charge in [0.15, 0.2) is 5.58 Å². The van der Waals surface area contributed by atoms with Crippen LogP contribution in [0.3, 0.4) is 0 Å². The highest BCUT2D eigenvalue weighted by Crippen LogP contribution is 2.26. The molecule has 2 aromatic carbocycles. The van der Waals surface area contributed by atoms with Crippen molar-refractivity contribution >= 4 is 33.8 Å². The molecule has 2 aromatic heterocycles. The van der Waals surface area contributed by atoms with Crippen LogP contribution in [0.1, 0.15) is 25.3 Å². The number of esters is 1. The van der Waals surface area contributed by atoms with Gasteiger partial charge in [0.1, 0.15) is 12.1 Å². The number of carbonyl (C=O) groups is 1. The zero-order valence-electron chi connectivity index (χ0n) is 16.6. The van der Waals surface area contributed by atoms with E-state index in [1.807, 2.05) is 36.4 Å². The maximum absolute atomic E-state index is 12.3. The summed E-state index contributed by atoms with van der Waals surface area (Å²) in [5.41, 5.74) is 2.91. The minimum absolute atomic E-state index is 0.244. The molecular formula is C22H22N4O4. The number of aromatic nitrogens is 3. The predicted molar refractivity (Wildman–Crippen MR) is 113 cm³/mol. The van der Waals surface area contributed by atoms with E-state index in [1.54, 1.807) is 13.0 Å². The van der Waals surface area contributed by atoms with Gasteiger partial charge in [0, 0.05) is 31.0 Å². The summed E-state index contributed by atoms with van der Waals surface area (Å²) in [7, 11) is 0. The number of aryl methyl sites for hydroxylation is 1. The first-order chi connectivity index (χ1) is 14.7. The number of oxazole rings is 1. The van der Waals surface area contributed by atoms with Crippen LogP contribution in [0, 0.1) is 0 Å². The van der Waals surface area contributed by atoms with Gasteiger partial charge in [-0.2, -0.15) is 0 Å². The number of hydrogen-bond donors (Lipinski definition) is 1. The number of benzene rings is 2. The van der Waals surface area contributed by atoms with Crippen LogP contribution in [0.4, 0.5) is 5.82 Å². The van der Waals surface area contributed by atoms with Crippen LogP contribution < -0.4 is 11.1 Å². The standard InChI is InChI=1S/C22H22N4O4/c1-2-29-20(27)9-6-10-26-18-11-16-17(12-19(18)30-22(26)28)24-14-25-21(16)23-13-15-7-4-3-5-8-15/h3-5,7-8,11-12,14H,2,6,9-10,13H2,1H3,(H,23,24,25). The van der Waals surface area contributed by atoms with E-state index in [2.05, 4.69) is 15.3 Å². The lowest BCUT2D eigenvalue weighted by Gasteiger charge is -2.09. The lowest BCUT2D eigenvalue weighted by atomic mass is 10.2. The number of fused-ring (bicyclic) bond motifs is 2. The molecule has 2 heterocycles. The minimum Gasteiger partial charge on any atom is -0.466 e. The first kappa shape index (κ1) is 19.6. The second-order valence-electron chi connectivity index (χ2n) is 6.83. The first-order valence-electron chi connectivity index (χ1n) is 9.87.